The summed E-state index contributed by atoms with van der Waals surface area (Å²) in [5.74, 6) is 0.988. The fourth-order valence-corrected chi connectivity index (χ4v) is 5.07. The summed E-state index contributed by atoms with van der Waals surface area (Å²) in [6, 6.07) is 11.7. The molecule has 0 aliphatic heterocycles. The van der Waals surface area contributed by atoms with Gasteiger partial charge >= 0.3 is 7.60 Å². The molecular weight excluding hydrogens is 438 g/mol. The van der Waals surface area contributed by atoms with E-state index in [4.69, 9.17) is 42.3 Å². The Balaban J connectivity index is 2.03. The minimum absolute atomic E-state index is 0.145. The second-order valence-corrected chi connectivity index (χ2v) is 10.3. The molecule has 0 fully saturated rings. The standard InChI is InChI=1S/C16H17Cl2O7PS/c17-14-8-7-13(10-15(14)18)25-12-5-1-3-11(9-12)4-2-6-16(26(19,20)21)27(22,23)24/h1,3,5,7-10,16H,2,4,6H2,(H2,19,20,21)(H,22,23,24). The van der Waals surface area contributed by atoms with Crippen molar-refractivity contribution in [1.29, 1.82) is 0 Å². The molecule has 0 aliphatic rings. The van der Waals surface area contributed by atoms with Gasteiger partial charge in [-0.1, -0.05) is 35.3 Å². The van der Waals surface area contributed by atoms with Gasteiger partial charge in [0.25, 0.3) is 10.1 Å². The van der Waals surface area contributed by atoms with Gasteiger partial charge in [-0.2, -0.15) is 8.42 Å². The van der Waals surface area contributed by atoms with Crippen molar-refractivity contribution in [2.75, 3.05) is 0 Å². The minimum atomic E-state index is -4.97. The fraction of sp³-hybridized carbons (Fsp3) is 0.250. The van der Waals surface area contributed by atoms with E-state index in [1.165, 1.54) is 0 Å². The first kappa shape index (κ1) is 22.2. The molecule has 0 amide bonds. The third-order valence-corrected chi connectivity index (χ3v) is 7.95. The first-order chi connectivity index (χ1) is 12.5. The molecule has 11 heteroatoms. The highest BCUT2D eigenvalue weighted by Crippen LogP contribution is 2.46. The maximum atomic E-state index is 11.2. The van der Waals surface area contributed by atoms with Crippen molar-refractivity contribution in [3.63, 3.8) is 0 Å². The molecular formula is C16H17Cl2O7PS. The third kappa shape index (κ3) is 6.76. The third-order valence-electron chi connectivity index (χ3n) is 3.66. The van der Waals surface area contributed by atoms with Gasteiger partial charge in [0.05, 0.1) is 10.0 Å². The zero-order valence-corrected chi connectivity index (χ0v) is 17.0. The van der Waals surface area contributed by atoms with E-state index in [2.05, 4.69) is 0 Å². The molecule has 1 unspecified atom stereocenters. The van der Waals surface area contributed by atoms with Crippen LogP contribution in [0.25, 0.3) is 0 Å². The van der Waals surface area contributed by atoms with Crippen LogP contribution in [0.15, 0.2) is 42.5 Å². The molecule has 0 aromatic heterocycles. The Hall–Kier alpha value is -1.12. The predicted molar refractivity (Wildman–Crippen MR) is 103 cm³/mol. The van der Waals surface area contributed by atoms with E-state index in [-0.39, 0.29) is 12.8 Å². The van der Waals surface area contributed by atoms with E-state index in [9.17, 15) is 13.0 Å². The largest absolute Gasteiger partial charge is 0.457 e. The van der Waals surface area contributed by atoms with Crippen molar-refractivity contribution in [3.05, 3.63) is 58.1 Å². The molecule has 0 heterocycles. The highest BCUT2D eigenvalue weighted by molar-refractivity contribution is 7.93. The lowest BCUT2D eigenvalue weighted by atomic mass is 10.1. The summed E-state index contributed by atoms with van der Waals surface area (Å²) >= 11 is 11.8. The van der Waals surface area contributed by atoms with Gasteiger partial charge in [0.15, 0.2) is 4.99 Å². The van der Waals surface area contributed by atoms with Crippen LogP contribution in [0.2, 0.25) is 10.0 Å². The zero-order chi connectivity index (χ0) is 20.2. The number of aryl methyl sites for hydroxylation is 1. The van der Waals surface area contributed by atoms with Crippen LogP contribution >= 0.6 is 30.8 Å². The molecule has 0 bridgehead atoms. The zero-order valence-electron chi connectivity index (χ0n) is 13.8. The SMILES string of the molecule is O=P(O)(O)C(CCCc1cccc(Oc2ccc(Cl)c(Cl)c2)c1)S(=O)(=O)O. The Morgan fingerprint density at radius 2 is 1.70 bits per heavy atom. The van der Waals surface area contributed by atoms with Crippen molar-refractivity contribution < 1.29 is 32.1 Å². The number of hydrogen-bond acceptors (Lipinski definition) is 4. The highest BCUT2D eigenvalue weighted by atomic mass is 35.5. The molecule has 2 aromatic rings. The Bertz CT molecular complexity index is 959. The van der Waals surface area contributed by atoms with Crippen LogP contribution in [0.4, 0.5) is 0 Å². The average Bonchev–Trinajstić information content (AvgIpc) is 2.53. The molecule has 2 rings (SSSR count). The average molecular weight is 455 g/mol. The molecule has 0 saturated carbocycles. The Morgan fingerprint density at radius 3 is 2.30 bits per heavy atom. The first-order valence-corrected chi connectivity index (χ1v) is 11.6. The van der Waals surface area contributed by atoms with Crippen molar-refractivity contribution in [1.82, 2.24) is 0 Å². The molecule has 0 aliphatic carbocycles. The van der Waals surface area contributed by atoms with Gasteiger partial charge < -0.3 is 14.5 Å². The maximum absolute atomic E-state index is 11.2. The van der Waals surface area contributed by atoms with E-state index in [1.54, 1.807) is 42.5 Å². The summed E-state index contributed by atoms with van der Waals surface area (Å²) in [5, 5.41) is 0.746. The van der Waals surface area contributed by atoms with Gasteiger partial charge in [-0.05, 0) is 49.1 Å². The quantitative estimate of drug-likeness (QED) is 0.396. The van der Waals surface area contributed by atoms with Crippen LogP contribution in [0.3, 0.4) is 0 Å². The number of hydrogen-bond donors (Lipinski definition) is 3. The Kier molecular flexibility index (Phi) is 7.33. The lowest BCUT2D eigenvalue weighted by Crippen LogP contribution is -2.20. The number of rotatable bonds is 8. The summed E-state index contributed by atoms with van der Waals surface area (Å²) in [7, 11) is -9.81. The molecule has 2 aromatic carbocycles. The van der Waals surface area contributed by atoms with Gasteiger partial charge in [-0.3, -0.25) is 9.12 Å². The smallest absolute Gasteiger partial charge is 0.346 e. The van der Waals surface area contributed by atoms with Gasteiger partial charge in [0, 0.05) is 6.07 Å². The normalized spacial score (nSPS) is 13.4. The van der Waals surface area contributed by atoms with Crippen LogP contribution in [0.5, 0.6) is 11.5 Å². The van der Waals surface area contributed by atoms with Crippen LogP contribution in [-0.2, 0) is 21.1 Å². The summed E-state index contributed by atoms with van der Waals surface area (Å²) in [6.45, 7) is 0. The molecule has 27 heavy (non-hydrogen) atoms. The summed E-state index contributed by atoms with van der Waals surface area (Å²) < 4.78 is 48.2. The van der Waals surface area contributed by atoms with Crippen LogP contribution in [0, 0.1) is 0 Å². The Morgan fingerprint density at radius 1 is 1.04 bits per heavy atom. The molecule has 0 saturated heterocycles. The monoisotopic (exact) mass is 454 g/mol. The number of halogens is 2. The second-order valence-electron chi connectivity index (χ2n) is 5.78. The lowest BCUT2D eigenvalue weighted by molar-refractivity contribution is 0.360. The van der Waals surface area contributed by atoms with E-state index in [1.807, 2.05) is 0 Å². The fourth-order valence-electron chi connectivity index (χ4n) is 2.41. The molecule has 7 nitrogen and oxygen atoms in total. The molecule has 3 N–H and O–H groups in total. The van der Waals surface area contributed by atoms with Crippen molar-refractivity contribution in [2.45, 2.75) is 24.3 Å². The summed E-state index contributed by atoms with van der Waals surface area (Å²) in [6.07, 6.45) is 0.109. The van der Waals surface area contributed by atoms with Crippen LogP contribution in [-0.4, -0.2) is 27.7 Å². The predicted octanol–water partition coefficient (Wildman–Crippen LogP) is 4.50. The highest BCUT2D eigenvalue weighted by Gasteiger charge is 2.38. The second kappa shape index (κ2) is 8.92. The van der Waals surface area contributed by atoms with Gasteiger partial charge in [-0.15, -0.1) is 0 Å². The van der Waals surface area contributed by atoms with E-state index >= 15 is 0 Å². The number of ether oxygens (including phenoxy) is 1. The summed E-state index contributed by atoms with van der Waals surface area (Å²) in [5.41, 5.74) is 0.771. The molecule has 1 atom stereocenters. The van der Waals surface area contributed by atoms with E-state index < -0.39 is 22.7 Å². The van der Waals surface area contributed by atoms with Crippen LogP contribution < -0.4 is 4.74 Å². The van der Waals surface area contributed by atoms with Gasteiger partial charge in [0.2, 0.25) is 0 Å². The van der Waals surface area contributed by atoms with E-state index in [0.717, 1.165) is 5.56 Å². The topological polar surface area (TPSA) is 121 Å². The lowest BCUT2D eigenvalue weighted by Gasteiger charge is -2.15. The molecule has 0 radical (unpaired) electrons. The Labute approximate surface area is 166 Å². The number of benzene rings is 2. The van der Waals surface area contributed by atoms with Gasteiger partial charge in [-0.25, -0.2) is 0 Å². The van der Waals surface area contributed by atoms with Gasteiger partial charge in [0.1, 0.15) is 11.5 Å². The van der Waals surface area contributed by atoms with Crippen LogP contribution in [0.1, 0.15) is 18.4 Å². The maximum Gasteiger partial charge on any atom is 0.346 e. The van der Waals surface area contributed by atoms with E-state index in [0.29, 0.717) is 28.0 Å². The first-order valence-electron chi connectivity index (χ1n) is 7.70. The van der Waals surface area contributed by atoms with Crippen molar-refractivity contribution in [2.24, 2.45) is 0 Å². The van der Waals surface area contributed by atoms with Crippen molar-refractivity contribution >= 4 is 40.9 Å². The summed E-state index contributed by atoms with van der Waals surface area (Å²) in [4.78, 5) is 16.1. The van der Waals surface area contributed by atoms with Crippen molar-refractivity contribution in [3.8, 4) is 11.5 Å². The minimum Gasteiger partial charge on any atom is -0.457 e. The molecule has 148 valence electrons. The molecule has 0 spiro atoms.